The Kier molecular flexibility index (Phi) is 4.40. The van der Waals surface area contributed by atoms with E-state index < -0.39 is 52.7 Å². The van der Waals surface area contributed by atoms with Crippen molar-refractivity contribution in [1.29, 1.82) is 0 Å². The first-order chi connectivity index (χ1) is 16.3. The molecule has 8 heteroatoms. The van der Waals surface area contributed by atoms with E-state index in [1.165, 1.54) is 24.3 Å². The van der Waals surface area contributed by atoms with Gasteiger partial charge in [-0.2, -0.15) is 0 Å². The number of Topliss-reactive ketones (excluding diaryl/α,β-unsaturated/α-hetero) is 2. The fourth-order valence-corrected chi connectivity index (χ4v) is 5.44. The summed E-state index contributed by atoms with van der Waals surface area (Å²) < 4.78 is 19.7. The third kappa shape index (κ3) is 2.59. The van der Waals surface area contributed by atoms with Crippen LogP contribution in [0.25, 0.3) is 0 Å². The van der Waals surface area contributed by atoms with Gasteiger partial charge < -0.3 is 4.74 Å². The minimum Gasteiger partial charge on any atom is -0.349 e. The predicted molar refractivity (Wildman–Crippen MR) is 119 cm³/mol. The van der Waals surface area contributed by atoms with Gasteiger partial charge in [0.15, 0.2) is 0 Å². The van der Waals surface area contributed by atoms with Gasteiger partial charge in [-0.3, -0.25) is 19.2 Å². The summed E-state index contributed by atoms with van der Waals surface area (Å²) in [6.07, 6.45) is -1.04. The van der Waals surface area contributed by atoms with Crippen LogP contribution in [0.15, 0.2) is 72.8 Å². The number of rotatable bonds is 2. The molecule has 3 aromatic rings. The highest BCUT2D eigenvalue weighted by molar-refractivity contribution is 6.37. The van der Waals surface area contributed by atoms with Gasteiger partial charge in [-0.05, 0) is 42.0 Å². The lowest BCUT2D eigenvalue weighted by Crippen LogP contribution is -2.51. The molecule has 3 aliphatic rings. The van der Waals surface area contributed by atoms with Crippen LogP contribution in [0.1, 0.15) is 32.4 Å². The third-order valence-corrected chi connectivity index (χ3v) is 7.05. The normalized spacial score (nSPS) is 24.8. The summed E-state index contributed by atoms with van der Waals surface area (Å²) in [4.78, 5) is 55.6. The van der Waals surface area contributed by atoms with Crippen LogP contribution in [-0.2, 0) is 14.3 Å². The number of hydrogen-bond acceptors (Lipinski definition) is 5. The van der Waals surface area contributed by atoms with Crippen LogP contribution in [0.2, 0.25) is 5.02 Å². The van der Waals surface area contributed by atoms with Crippen molar-refractivity contribution < 1.29 is 28.3 Å². The Labute approximate surface area is 197 Å². The number of ketones is 2. The summed E-state index contributed by atoms with van der Waals surface area (Å²) in [5.41, 5.74) is -1.17. The molecule has 6 rings (SSSR count). The number of ether oxygens (including phenoxy) is 1. The molecule has 0 saturated carbocycles. The summed E-state index contributed by atoms with van der Waals surface area (Å²) in [5.74, 6) is -5.64. The van der Waals surface area contributed by atoms with E-state index in [4.69, 9.17) is 16.3 Å². The first-order valence-electron chi connectivity index (χ1n) is 10.6. The molecule has 168 valence electrons. The minimum atomic E-state index is -2.15. The molecule has 0 N–H and O–H groups in total. The molecule has 2 amide bonds. The van der Waals surface area contributed by atoms with Crippen LogP contribution in [0, 0.1) is 17.7 Å². The van der Waals surface area contributed by atoms with Crippen LogP contribution in [0.4, 0.5) is 10.1 Å². The number of carbonyl (C=O) groups is 4. The number of imide groups is 1. The number of carbonyl (C=O) groups excluding carboxylic acids is 4. The van der Waals surface area contributed by atoms with Crippen molar-refractivity contribution in [3.63, 3.8) is 0 Å². The van der Waals surface area contributed by atoms with Crippen molar-refractivity contribution in [2.75, 3.05) is 4.90 Å². The molecule has 3 atom stereocenters. The highest BCUT2D eigenvalue weighted by atomic mass is 35.5. The maximum absolute atomic E-state index is 13.7. The summed E-state index contributed by atoms with van der Waals surface area (Å²) in [5, 5.41) is 0.454. The number of nitrogens with zero attached hydrogens (tertiary/aromatic N) is 1. The van der Waals surface area contributed by atoms with E-state index in [2.05, 4.69) is 0 Å². The van der Waals surface area contributed by atoms with Crippen LogP contribution in [-0.4, -0.2) is 29.0 Å². The van der Waals surface area contributed by atoms with E-state index in [0.29, 0.717) is 10.6 Å². The number of amides is 2. The van der Waals surface area contributed by atoms with E-state index in [1.54, 1.807) is 36.4 Å². The lowest BCUT2D eigenvalue weighted by molar-refractivity contribution is -0.127. The minimum absolute atomic E-state index is 0.156. The number of anilines is 1. The molecule has 2 fully saturated rings. The van der Waals surface area contributed by atoms with Crippen molar-refractivity contribution in [2.24, 2.45) is 11.8 Å². The zero-order valence-electron chi connectivity index (χ0n) is 17.4. The van der Waals surface area contributed by atoms with Crippen molar-refractivity contribution in [2.45, 2.75) is 11.7 Å². The summed E-state index contributed by atoms with van der Waals surface area (Å²) in [6, 6.07) is 17.6. The maximum atomic E-state index is 13.7. The van der Waals surface area contributed by atoms with Gasteiger partial charge in [-0.25, -0.2) is 9.29 Å². The summed E-state index contributed by atoms with van der Waals surface area (Å²) in [6.45, 7) is 0. The second kappa shape index (κ2) is 7.16. The Morgan fingerprint density at radius 1 is 0.794 bits per heavy atom. The Morgan fingerprint density at radius 2 is 1.38 bits per heavy atom. The quantitative estimate of drug-likeness (QED) is 0.410. The first-order valence-corrected chi connectivity index (χ1v) is 11.0. The second-order valence-corrected chi connectivity index (χ2v) is 8.96. The van der Waals surface area contributed by atoms with Gasteiger partial charge in [0.05, 0.1) is 23.6 Å². The lowest BCUT2D eigenvalue weighted by Gasteiger charge is -2.27. The van der Waals surface area contributed by atoms with E-state index in [-0.39, 0.29) is 16.8 Å². The van der Waals surface area contributed by atoms with Crippen LogP contribution in [0.3, 0.4) is 0 Å². The Bertz CT molecular complexity index is 1370. The highest BCUT2D eigenvalue weighted by Crippen LogP contribution is 2.57. The van der Waals surface area contributed by atoms with Gasteiger partial charge in [0, 0.05) is 16.1 Å². The zero-order chi connectivity index (χ0) is 23.8. The SMILES string of the molecule is O=C1[C@H]2[C@@H](C(=O)N1c1ccc(F)cc1)C1(O[C@H]2c2ccc(Cl)cc2)C(=O)c2ccccc2C1=O. The average Bonchev–Trinajstić information content (AvgIpc) is 3.40. The zero-order valence-corrected chi connectivity index (χ0v) is 18.2. The molecular weight excluding hydrogens is 461 g/mol. The highest BCUT2D eigenvalue weighted by Gasteiger charge is 2.74. The molecular formula is C26H15ClFNO5. The lowest BCUT2D eigenvalue weighted by atomic mass is 9.77. The predicted octanol–water partition coefficient (Wildman–Crippen LogP) is 4.17. The fourth-order valence-electron chi connectivity index (χ4n) is 5.32. The third-order valence-electron chi connectivity index (χ3n) is 6.80. The van der Waals surface area contributed by atoms with Crippen LogP contribution in [0.5, 0.6) is 0 Å². The molecule has 3 aromatic carbocycles. The standard InChI is InChI=1S/C26H15ClFNO5/c27-14-7-5-13(6-8-14)21-19-20(25(33)29(24(19)32)16-11-9-15(28)10-12-16)26(34-21)22(30)17-3-1-2-4-18(17)23(26)31/h1-12,19-21H/t19-,20-,21-/m0/s1. The molecule has 2 saturated heterocycles. The van der Waals surface area contributed by atoms with Crippen molar-refractivity contribution in [1.82, 2.24) is 0 Å². The van der Waals surface area contributed by atoms with E-state index >= 15 is 0 Å². The van der Waals surface area contributed by atoms with E-state index in [1.807, 2.05) is 0 Å². The Balaban J connectivity index is 1.54. The molecule has 0 radical (unpaired) electrons. The topological polar surface area (TPSA) is 80.8 Å². The fraction of sp³-hybridized carbons (Fsp3) is 0.154. The van der Waals surface area contributed by atoms with E-state index in [9.17, 15) is 23.6 Å². The number of hydrogen-bond donors (Lipinski definition) is 0. The summed E-state index contributed by atoms with van der Waals surface area (Å²) in [7, 11) is 0. The second-order valence-electron chi connectivity index (χ2n) is 8.52. The van der Waals surface area contributed by atoms with Gasteiger partial charge in [0.1, 0.15) is 5.82 Å². The molecule has 34 heavy (non-hydrogen) atoms. The molecule has 1 spiro atoms. The van der Waals surface area contributed by atoms with Gasteiger partial charge in [-0.15, -0.1) is 0 Å². The Morgan fingerprint density at radius 3 is 1.97 bits per heavy atom. The van der Waals surface area contributed by atoms with Gasteiger partial charge in [0.2, 0.25) is 29.0 Å². The molecule has 0 unspecified atom stereocenters. The Hall–Kier alpha value is -3.68. The molecule has 0 bridgehead atoms. The molecule has 2 heterocycles. The van der Waals surface area contributed by atoms with Crippen molar-refractivity contribution >= 4 is 40.7 Å². The van der Waals surface area contributed by atoms with Crippen molar-refractivity contribution in [3.8, 4) is 0 Å². The number of benzene rings is 3. The van der Waals surface area contributed by atoms with Gasteiger partial charge >= 0.3 is 0 Å². The van der Waals surface area contributed by atoms with Crippen molar-refractivity contribution in [3.05, 3.63) is 100 Å². The molecule has 6 nitrogen and oxygen atoms in total. The smallest absolute Gasteiger partial charge is 0.241 e. The number of fused-ring (bicyclic) bond motifs is 3. The largest absolute Gasteiger partial charge is 0.349 e. The monoisotopic (exact) mass is 475 g/mol. The molecule has 2 aliphatic heterocycles. The molecule has 1 aliphatic carbocycles. The van der Waals surface area contributed by atoms with Crippen LogP contribution < -0.4 is 4.90 Å². The van der Waals surface area contributed by atoms with Gasteiger partial charge in [-0.1, -0.05) is 48.0 Å². The summed E-state index contributed by atoms with van der Waals surface area (Å²) >= 11 is 6.02. The molecule has 0 aromatic heterocycles. The first kappa shape index (κ1) is 20.9. The average molecular weight is 476 g/mol. The van der Waals surface area contributed by atoms with E-state index in [0.717, 1.165) is 17.0 Å². The maximum Gasteiger partial charge on any atom is 0.241 e. The van der Waals surface area contributed by atoms with Gasteiger partial charge in [0.25, 0.3) is 0 Å². The number of halogens is 2. The van der Waals surface area contributed by atoms with Crippen LogP contribution >= 0.6 is 11.6 Å².